The van der Waals surface area contributed by atoms with Gasteiger partial charge in [0.05, 0.1) is 33.2 Å². The summed E-state index contributed by atoms with van der Waals surface area (Å²) in [4.78, 5) is 0.633. The van der Waals surface area contributed by atoms with Gasteiger partial charge in [0.1, 0.15) is 0 Å². The molecule has 2 N–H and O–H groups in total. The molecule has 0 aromatic heterocycles. The lowest BCUT2D eigenvalue weighted by molar-refractivity contribution is -0.0270. The van der Waals surface area contributed by atoms with E-state index >= 15 is 0 Å². The highest BCUT2D eigenvalue weighted by Gasteiger charge is 2.42. The van der Waals surface area contributed by atoms with Crippen molar-refractivity contribution in [1.82, 2.24) is 0 Å². The predicted octanol–water partition coefficient (Wildman–Crippen LogP) is 3.52. The van der Waals surface area contributed by atoms with E-state index in [4.69, 9.17) is 22.1 Å². The number of hydrogen-bond acceptors (Lipinski definition) is 3. The van der Waals surface area contributed by atoms with Crippen molar-refractivity contribution in [3.05, 3.63) is 23.2 Å². The number of anilines is 1. The molecule has 1 heterocycles. The Morgan fingerprint density at radius 2 is 2.10 bits per heavy atom. The zero-order valence-electron chi connectivity index (χ0n) is 11.4. The van der Waals surface area contributed by atoms with Crippen LogP contribution in [0.1, 0.15) is 38.5 Å². The number of hydrogen-bond donors (Lipinski definition) is 1. The second kappa shape index (κ2) is 5.66. The molecule has 3 nitrogen and oxygen atoms in total. The molecule has 20 heavy (non-hydrogen) atoms. The molecule has 3 rings (SSSR count). The van der Waals surface area contributed by atoms with Gasteiger partial charge in [0, 0.05) is 10.7 Å². The van der Waals surface area contributed by atoms with Gasteiger partial charge in [-0.25, -0.2) is 0 Å². The maximum absolute atomic E-state index is 12.5. The fourth-order valence-electron chi connectivity index (χ4n) is 3.36. The third-order valence-corrected chi connectivity index (χ3v) is 6.17. The van der Waals surface area contributed by atoms with Crippen molar-refractivity contribution in [2.24, 2.45) is 0 Å². The normalized spacial score (nSPS) is 26.1. The number of halogens is 1. The molecule has 1 aliphatic heterocycles. The van der Waals surface area contributed by atoms with Crippen molar-refractivity contribution < 1.29 is 8.95 Å². The fraction of sp³-hybridized carbons (Fsp3) is 0.600. The summed E-state index contributed by atoms with van der Waals surface area (Å²) in [6, 6.07) is 5.13. The predicted molar refractivity (Wildman–Crippen MR) is 82.4 cm³/mol. The first-order valence-electron chi connectivity index (χ1n) is 7.19. The summed E-state index contributed by atoms with van der Waals surface area (Å²) in [6.07, 6.45) is 7.05. The first kappa shape index (κ1) is 14.4. The zero-order chi connectivity index (χ0) is 14.2. The fourth-order valence-corrected chi connectivity index (χ4v) is 4.94. The van der Waals surface area contributed by atoms with Crippen LogP contribution in [0.2, 0.25) is 5.02 Å². The maximum Gasteiger partial charge on any atom is 0.0702 e. The van der Waals surface area contributed by atoms with Crippen LogP contribution in [-0.2, 0) is 15.5 Å². The molecule has 2 aliphatic rings. The Labute approximate surface area is 127 Å². The van der Waals surface area contributed by atoms with Crippen LogP contribution in [0, 0.1) is 0 Å². The topological polar surface area (TPSA) is 52.3 Å². The summed E-state index contributed by atoms with van der Waals surface area (Å²) >= 11 is 5.95. The molecule has 1 aromatic carbocycles. The summed E-state index contributed by atoms with van der Waals surface area (Å²) in [5.74, 6) is 0.520. The van der Waals surface area contributed by atoms with Crippen LogP contribution < -0.4 is 5.73 Å². The molecule has 2 unspecified atom stereocenters. The highest BCUT2D eigenvalue weighted by Crippen LogP contribution is 2.43. The number of nitrogen functional groups attached to an aromatic ring is 1. The molecule has 1 saturated carbocycles. The minimum Gasteiger partial charge on any atom is -0.398 e. The Morgan fingerprint density at radius 1 is 1.35 bits per heavy atom. The third kappa shape index (κ3) is 2.87. The first-order chi connectivity index (χ1) is 9.58. The molecule has 0 radical (unpaired) electrons. The van der Waals surface area contributed by atoms with Crippen LogP contribution in [0.3, 0.4) is 0 Å². The SMILES string of the molecule is Nc1ccc(Cl)cc1S(=O)CC1CCC2(CCCC2)O1. The van der Waals surface area contributed by atoms with Gasteiger partial charge < -0.3 is 10.5 Å². The Morgan fingerprint density at radius 3 is 2.85 bits per heavy atom. The summed E-state index contributed by atoms with van der Waals surface area (Å²) in [6.45, 7) is 0. The molecule has 2 fully saturated rings. The first-order valence-corrected chi connectivity index (χ1v) is 8.89. The minimum absolute atomic E-state index is 0.0901. The van der Waals surface area contributed by atoms with Crippen molar-refractivity contribution in [1.29, 1.82) is 0 Å². The van der Waals surface area contributed by atoms with E-state index < -0.39 is 10.8 Å². The van der Waals surface area contributed by atoms with Gasteiger partial charge in [0.2, 0.25) is 0 Å². The van der Waals surface area contributed by atoms with E-state index in [-0.39, 0.29) is 11.7 Å². The Balaban J connectivity index is 1.66. The van der Waals surface area contributed by atoms with Crippen LogP contribution in [-0.4, -0.2) is 21.7 Å². The Hall–Kier alpha value is -0.580. The van der Waals surface area contributed by atoms with Crippen molar-refractivity contribution in [2.75, 3.05) is 11.5 Å². The monoisotopic (exact) mass is 313 g/mol. The van der Waals surface area contributed by atoms with Gasteiger partial charge in [-0.2, -0.15) is 0 Å². The van der Waals surface area contributed by atoms with Crippen LogP contribution in [0.5, 0.6) is 0 Å². The van der Waals surface area contributed by atoms with Gasteiger partial charge in [-0.05, 0) is 43.9 Å². The summed E-state index contributed by atoms with van der Waals surface area (Å²) in [5.41, 5.74) is 6.52. The average Bonchev–Trinajstić information content (AvgIpc) is 3.03. The van der Waals surface area contributed by atoms with E-state index in [9.17, 15) is 4.21 Å². The molecule has 0 amide bonds. The van der Waals surface area contributed by atoms with E-state index in [1.807, 2.05) is 0 Å². The molecule has 5 heteroatoms. The van der Waals surface area contributed by atoms with Gasteiger partial charge in [-0.15, -0.1) is 0 Å². The number of nitrogens with two attached hydrogens (primary N) is 1. The van der Waals surface area contributed by atoms with Crippen LogP contribution >= 0.6 is 11.6 Å². The lowest BCUT2D eigenvalue weighted by Crippen LogP contribution is -2.27. The van der Waals surface area contributed by atoms with Gasteiger partial charge >= 0.3 is 0 Å². The Kier molecular flexibility index (Phi) is 4.07. The molecular formula is C15H20ClNO2S. The molecular weight excluding hydrogens is 294 g/mol. The molecule has 1 aromatic rings. The standard InChI is InChI=1S/C15H20ClNO2S/c16-11-3-4-13(17)14(9-11)20(18)10-12-5-8-15(19-12)6-1-2-7-15/h3-4,9,12H,1-2,5-8,10,17H2. The lowest BCUT2D eigenvalue weighted by atomic mass is 9.98. The van der Waals surface area contributed by atoms with Gasteiger partial charge in [0.25, 0.3) is 0 Å². The van der Waals surface area contributed by atoms with Crippen molar-refractivity contribution in [2.45, 2.75) is 55.1 Å². The quantitative estimate of drug-likeness (QED) is 0.869. The summed E-state index contributed by atoms with van der Waals surface area (Å²) < 4.78 is 18.7. The van der Waals surface area contributed by atoms with E-state index in [2.05, 4.69) is 0 Å². The average molecular weight is 314 g/mol. The van der Waals surface area contributed by atoms with Crippen LogP contribution in [0.25, 0.3) is 0 Å². The third-order valence-electron chi connectivity index (χ3n) is 4.41. The Bertz CT molecular complexity index is 529. The second-order valence-electron chi connectivity index (χ2n) is 5.86. The zero-order valence-corrected chi connectivity index (χ0v) is 13.0. The molecule has 0 bridgehead atoms. The van der Waals surface area contributed by atoms with E-state index in [1.54, 1.807) is 18.2 Å². The smallest absolute Gasteiger partial charge is 0.0702 e. The largest absolute Gasteiger partial charge is 0.398 e. The van der Waals surface area contributed by atoms with Crippen LogP contribution in [0.4, 0.5) is 5.69 Å². The van der Waals surface area contributed by atoms with E-state index in [0.717, 1.165) is 25.7 Å². The summed E-state index contributed by atoms with van der Waals surface area (Å²) in [7, 11) is -1.15. The molecule has 1 aliphatic carbocycles. The van der Waals surface area contributed by atoms with Crippen molar-refractivity contribution in [3.63, 3.8) is 0 Å². The van der Waals surface area contributed by atoms with Gasteiger partial charge in [-0.1, -0.05) is 24.4 Å². The number of rotatable bonds is 3. The molecule has 2 atom stereocenters. The highest BCUT2D eigenvalue weighted by atomic mass is 35.5. The van der Waals surface area contributed by atoms with E-state index in [1.165, 1.54) is 12.8 Å². The van der Waals surface area contributed by atoms with E-state index in [0.29, 0.717) is 21.4 Å². The minimum atomic E-state index is -1.15. The molecule has 110 valence electrons. The van der Waals surface area contributed by atoms with Gasteiger partial charge in [0.15, 0.2) is 0 Å². The highest BCUT2D eigenvalue weighted by molar-refractivity contribution is 7.85. The van der Waals surface area contributed by atoms with Crippen molar-refractivity contribution in [3.8, 4) is 0 Å². The maximum atomic E-state index is 12.5. The molecule has 1 saturated heterocycles. The number of benzene rings is 1. The lowest BCUT2D eigenvalue weighted by Gasteiger charge is -2.23. The second-order valence-corrected chi connectivity index (χ2v) is 7.76. The van der Waals surface area contributed by atoms with Crippen molar-refractivity contribution >= 4 is 28.1 Å². The summed E-state index contributed by atoms with van der Waals surface area (Å²) in [5, 5.41) is 0.571. The van der Waals surface area contributed by atoms with Gasteiger partial charge in [-0.3, -0.25) is 4.21 Å². The molecule has 1 spiro atoms. The van der Waals surface area contributed by atoms with Crippen LogP contribution in [0.15, 0.2) is 23.1 Å². The number of ether oxygens (including phenoxy) is 1.